The van der Waals surface area contributed by atoms with Crippen LogP contribution in [0.25, 0.3) is 0 Å². The number of hydrogen-bond acceptors (Lipinski definition) is 3. The molecule has 1 heterocycles. The summed E-state index contributed by atoms with van der Waals surface area (Å²) in [5.74, 6) is -0.628. The summed E-state index contributed by atoms with van der Waals surface area (Å²) in [5, 5.41) is 18.6. The van der Waals surface area contributed by atoms with Gasteiger partial charge in [-0.2, -0.15) is 0 Å². The summed E-state index contributed by atoms with van der Waals surface area (Å²) in [6, 6.07) is 7.72. The van der Waals surface area contributed by atoms with Crippen molar-refractivity contribution in [2.75, 3.05) is 6.54 Å². The number of piperidine rings is 1. The van der Waals surface area contributed by atoms with Gasteiger partial charge in [-0.15, -0.1) is 0 Å². The van der Waals surface area contributed by atoms with Crippen molar-refractivity contribution in [2.24, 2.45) is 5.92 Å². The second-order valence-corrected chi connectivity index (χ2v) is 5.42. The van der Waals surface area contributed by atoms with E-state index in [0.717, 1.165) is 12.1 Å². The summed E-state index contributed by atoms with van der Waals surface area (Å²) in [6.07, 6.45) is 1.39. The molecule has 1 aromatic rings. The summed E-state index contributed by atoms with van der Waals surface area (Å²) >= 11 is 0. The van der Waals surface area contributed by atoms with E-state index in [1.807, 2.05) is 12.1 Å². The van der Waals surface area contributed by atoms with Gasteiger partial charge in [-0.3, -0.25) is 9.69 Å². The highest BCUT2D eigenvalue weighted by Crippen LogP contribution is 2.31. The molecule has 0 aromatic heterocycles. The van der Waals surface area contributed by atoms with E-state index < -0.39 is 5.97 Å². The fourth-order valence-electron chi connectivity index (χ4n) is 2.97. The van der Waals surface area contributed by atoms with Gasteiger partial charge in [0.2, 0.25) is 0 Å². The molecule has 0 aliphatic carbocycles. The fraction of sp³-hybridized carbons (Fsp3) is 0.533. The van der Waals surface area contributed by atoms with Crippen LogP contribution in [0.1, 0.15) is 38.3 Å². The lowest BCUT2D eigenvalue weighted by Crippen LogP contribution is -2.43. The van der Waals surface area contributed by atoms with Crippen LogP contribution in [0.4, 0.5) is 0 Å². The Balaban J connectivity index is 2.08. The maximum atomic E-state index is 11.0. The predicted octanol–water partition coefficient (Wildman–Crippen LogP) is 2.64. The highest BCUT2D eigenvalue weighted by Gasteiger charge is 2.32. The minimum atomic E-state index is -0.684. The van der Waals surface area contributed by atoms with E-state index in [4.69, 9.17) is 5.11 Å². The van der Waals surface area contributed by atoms with Gasteiger partial charge in [0.05, 0.1) is 5.92 Å². The first kappa shape index (κ1) is 13.9. The van der Waals surface area contributed by atoms with Crippen LogP contribution in [-0.2, 0) is 4.79 Å². The van der Waals surface area contributed by atoms with Gasteiger partial charge < -0.3 is 10.2 Å². The number of likely N-dealkylation sites (tertiary alicyclic amines) is 1. The van der Waals surface area contributed by atoms with E-state index in [1.54, 1.807) is 12.1 Å². The van der Waals surface area contributed by atoms with Crippen molar-refractivity contribution >= 4 is 5.97 Å². The first-order chi connectivity index (χ1) is 8.99. The van der Waals surface area contributed by atoms with Crippen molar-refractivity contribution in [1.82, 2.24) is 4.90 Å². The van der Waals surface area contributed by atoms with Gasteiger partial charge in [0.15, 0.2) is 0 Å². The molecule has 4 nitrogen and oxygen atoms in total. The number of carbonyl (C=O) groups is 1. The van der Waals surface area contributed by atoms with E-state index in [1.165, 1.54) is 0 Å². The minimum absolute atomic E-state index is 0.192. The molecule has 1 aromatic carbocycles. The number of phenolic OH excluding ortho intramolecular Hbond substituents is 1. The van der Waals surface area contributed by atoms with Crippen molar-refractivity contribution in [1.29, 1.82) is 0 Å². The minimum Gasteiger partial charge on any atom is -0.508 e. The van der Waals surface area contributed by atoms with Crippen LogP contribution >= 0.6 is 0 Å². The zero-order valence-electron chi connectivity index (χ0n) is 11.4. The standard InChI is InChI=1S/C15H21NO3/c1-10-8-13(15(18)19)6-7-16(10)11(2)12-4-3-5-14(17)9-12/h3-5,9-11,13,17H,6-8H2,1-2H3,(H,18,19). The molecular formula is C15H21NO3. The number of aliphatic carboxylic acids is 1. The van der Waals surface area contributed by atoms with Crippen LogP contribution < -0.4 is 0 Å². The molecule has 19 heavy (non-hydrogen) atoms. The van der Waals surface area contributed by atoms with Crippen LogP contribution in [-0.4, -0.2) is 33.7 Å². The molecule has 2 N–H and O–H groups in total. The summed E-state index contributed by atoms with van der Waals surface area (Å²) in [7, 11) is 0. The largest absolute Gasteiger partial charge is 0.508 e. The fourth-order valence-corrected chi connectivity index (χ4v) is 2.97. The second-order valence-electron chi connectivity index (χ2n) is 5.42. The SMILES string of the molecule is CC1CC(C(=O)O)CCN1C(C)c1cccc(O)c1. The summed E-state index contributed by atoms with van der Waals surface area (Å²) in [4.78, 5) is 13.4. The number of rotatable bonds is 3. The topological polar surface area (TPSA) is 60.8 Å². The lowest BCUT2D eigenvalue weighted by molar-refractivity contribution is -0.144. The molecule has 0 bridgehead atoms. The first-order valence-corrected chi connectivity index (χ1v) is 6.76. The van der Waals surface area contributed by atoms with Gasteiger partial charge in [-0.1, -0.05) is 12.1 Å². The van der Waals surface area contributed by atoms with Crippen molar-refractivity contribution in [3.05, 3.63) is 29.8 Å². The molecule has 0 amide bonds. The Bertz CT molecular complexity index is 460. The van der Waals surface area contributed by atoms with E-state index in [9.17, 15) is 9.90 Å². The van der Waals surface area contributed by atoms with Crippen LogP contribution in [0.3, 0.4) is 0 Å². The zero-order valence-corrected chi connectivity index (χ0v) is 11.4. The molecule has 0 spiro atoms. The normalized spacial score (nSPS) is 26.0. The first-order valence-electron chi connectivity index (χ1n) is 6.76. The molecule has 3 atom stereocenters. The number of nitrogens with zero attached hydrogens (tertiary/aromatic N) is 1. The zero-order chi connectivity index (χ0) is 14.0. The number of benzene rings is 1. The molecule has 2 rings (SSSR count). The molecule has 4 heteroatoms. The summed E-state index contributed by atoms with van der Waals surface area (Å²) in [5.41, 5.74) is 1.07. The van der Waals surface area contributed by atoms with Crippen molar-refractivity contribution in [3.63, 3.8) is 0 Å². The quantitative estimate of drug-likeness (QED) is 0.880. The monoisotopic (exact) mass is 263 g/mol. The Hall–Kier alpha value is -1.55. The van der Waals surface area contributed by atoms with Crippen LogP contribution in [0.5, 0.6) is 5.75 Å². The highest BCUT2D eigenvalue weighted by atomic mass is 16.4. The Morgan fingerprint density at radius 3 is 2.79 bits per heavy atom. The predicted molar refractivity (Wildman–Crippen MR) is 73.0 cm³/mol. The Morgan fingerprint density at radius 1 is 1.47 bits per heavy atom. The van der Waals surface area contributed by atoms with E-state index in [0.29, 0.717) is 12.8 Å². The molecule has 1 aliphatic heterocycles. The van der Waals surface area contributed by atoms with Gasteiger partial charge in [0.1, 0.15) is 5.75 Å². The second kappa shape index (κ2) is 5.61. The van der Waals surface area contributed by atoms with Crippen molar-refractivity contribution < 1.29 is 15.0 Å². The molecule has 1 fully saturated rings. The van der Waals surface area contributed by atoms with Gasteiger partial charge in [-0.05, 0) is 50.9 Å². The third kappa shape index (κ3) is 3.07. The van der Waals surface area contributed by atoms with E-state index in [2.05, 4.69) is 18.7 Å². The van der Waals surface area contributed by atoms with Crippen molar-refractivity contribution in [2.45, 2.75) is 38.8 Å². The van der Waals surface area contributed by atoms with Crippen LogP contribution in [0, 0.1) is 5.92 Å². The molecule has 0 saturated carbocycles. The molecule has 104 valence electrons. The maximum absolute atomic E-state index is 11.0. The number of hydrogen-bond donors (Lipinski definition) is 2. The average Bonchev–Trinajstić information content (AvgIpc) is 2.37. The Labute approximate surface area is 113 Å². The van der Waals surface area contributed by atoms with Gasteiger partial charge >= 0.3 is 5.97 Å². The molecule has 0 radical (unpaired) electrons. The van der Waals surface area contributed by atoms with Crippen LogP contribution in [0.15, 0.2) is 24.3 Å². The average molecular weight is 263 g/mol. The van der Waals surface area contributed by atoms with E-state index >= 15 is 0 Å². The third-order valence-electron chi connectivity index (χ3n) is 4.13. The lowest BCUT2D eigenvalue weighted by Gasteiger charge is -2.40. The number of carboxylic acid groups (broad SMARTS) is 1. The van der Waals surface area contributed by atoms with E-state index in [-0.39, 0.29) is 23.8 Å². The number of carboxylic acids is 1. The number of phenols is 1. The Morgan fingerprint density at radius 2 is 2.21 bits per heavy atom. The summed E-state index contributed by atoms with van der Waals surface area (Å²) < 4.78 is 0. The third-order valence-corrected chi connectivity index (χ3v) is 4.13. The molecule has 1 aliphatic rings. The van der Waals surface area contributed by atoms with Crippen molar-refractivity contribution in [3.8, 4) is 5.75 Å². The van der Waals surface area contributed by atoms with Gasteiger partial charge in [-0.25, -0.2) is 0 Å². The molecule has 3 unspecified atom stereocenters. The maximum Gasteiger partial charge on any atom is 0.306 e. The highest BCUT2D eigenvalue weighted by molar-refractivity contribution is 5.70. The molecule has 1 saturated heterocycles. The van der Waals surface area contributed by atoms with Gasteiger partial charge in [0, 0.05) is 12.1 Å². The van der Waals surface area contributed by atoms with Gasteiger partial charge in [0.25, 0.3) is 0 Å². The smallest absolute Gasteiger partial charge is 0.306 e. The lowest BCUT2D eigenvalue weighted by atomic mass is 9.89. The summed E-state index contributed by atoms with van der Waals surface area (Å²) in [6.45, 7) is 4.97. The number of aromatic hydroxyl groups is 1. The van der Waals surface area contributed by atoms with Crippen LogP contribution in [0.2, 0.25) is 0 Å². The molecular weight excluding hydrogens is 242 g/mol. The Kier molecular flexibility index (Phi) is 4.10.